The second-order valence-corrected chi connectivity index (χ2v) is 5.68. The number of nitrogens with one attached hydrogen (secondary N) is 1. The third kappa shape index (κ3) is 2.96. The number of aromatic nitrogens is 1. The van der Waals surface area contributed by atoms with Gasteiger partial charge in [0, 0.05) is 25.3 Å². The lowest BCUT2D eigenvalue weighted by Gasteiger charge is -2.23. The monoisotopic (exact) mass is 267 g/mol. The first kappa shape index (κ1) is 13.6. The summed E-state index contributed by atoms with van der Waals surface area (Å²) in [5.41, 5.74) is 1.14. The molecular formula is C14H22ClN3. The molecule has 1 aliphatic rings. The van der Waals surface area contributed by atoms with Crippen LogP contribution >= 0.6 is 11.6 Å². The van der Waals surface area contributed by atoms with Gasteiger partial charge in [-0.05, 0) is 37.4 Å². The molecule has 1 fully saturated rings. The molecule has 1 aromatic heterocycles. The molecule has 2 atom stereocenters. The van der Waals surface area contributed by atoms with Crippen molar-refractivity contribution in [3.05, 3.63) is 22.8 Å². The van der Waals surface area contributed by atoms with Gasteiger partial charge < -0.3 is 10.2 Å². The molecule has 2 unspecified atom stereocenters. The van der Waals surface area contributed by atoms with E-state index in [9.17, 15) is 0 Å². The molecule has 0 saturated carbocycles. The lowest BCUT2D eigenvalue weighted by molar-refractivity contribution is 0.625. The van der Waals surface area contributed by atoms with E-state index < -0.39 is 0 Å². The Bertz CT molecular complexity index is 408. The highest BCUT2D eigenvalue weighted by Gasteiger charge is 2.28. The largest absolute Gasteiger partial charge is 0.352 e. The first-order chi connectivity index (χ1) is 8.61. The van der Waals surface area contributed by atoms with Crippen molar-refractivity contribution >= 4 is 17.4 Å². The van der Waals surface area contributed by atoms with E-state index in [2.05, 4.69) is 36.0 Å². The highest BCUT2D eigenvalue weighted by molar-refractivity contribution is 6.33. The molecule has 1 saturated heterocycles. The van der Waals surface area contributed by atoms with E-state index in [0.29, 0.717) is 6.04 Å². The molecule has 0 amide bonds. The van der Waals surface area contributed by atoms with Crippen LogP contribution < -0.4 is 10.2 Å². The van der Waals surface area contributed by atoms with Gasteiger partial charge in [0.1, 0.15) is 5.82 Å². The van der Waals surface area contributed by atoms with Crippen LogP contribution in [-0.4, -0.2) is 24.1 Å². The van der Waals surface area contributed by atoms with Crippen LogP contribution in [0, 0.1) is 5.92 Å². The summed E-state index contributed by atoms with van der Waals surface area (Å²) in [6.45, 7) is 9.46. The molecule has 3 nitrogen and oxygen atoms in total. The Hall–Kier alpha value is -0.800. The number of halogens is 1. The summed E-state index contributed by atoms with van der Waals surface area (Å²) in [7, 11) is 0. The van der Waals surface area contributed by atoms with E-state index in [4.69, 9.17) is 11.6 Å². The van der Waals surface area contributed by atoms with Gasteiger partial charge >= 0.3 is 0 Å². The van der Waals surface area contributed by atoms with E-state index >= 15 is 0 Å². The lowest BCUT2D eigenvalue weighted by atomic mass is 10.1. The number of rotatable bonds is 4. The zero-order valence-electron chi connectivity index (χ0n) is 11.4. The van der Waals surface area contributed by atoms with Crippen LogP contribution in [0.25, 0.3) is 0 Å². The van der Waals surface area contributed by atoms with Crippen molar-refractivity contribution in [2.45, 2.75) is 39.8 Å². The van der Waals surface area contributed by atoms with Crippen LogP contribution in [0.15, 0.2) is 12.3 Å². The Morgan fingerprint density at radius 3 is 2.83 bits per heavy atom. The molecule has 1 N–H and O–H groups in total. The molecule has 0 aromatic carbocycles. The van der Waals surface area contributed by atoms with Gasteiger partial charge in [0.15, 0.2) is 0 Å². The van der Waals surface area contributed by atoms with Gasteiger partial charge in [-0.15, -0.1) is 0 Å². The Kier molecular flexibility index (Phi) is 4.46. The third-order valence-corrected chi connectivity index (χ3v) is 3.79. The maximum Gasteiger partial charge on any atom is 0.147 e. The molecule has 0 aliphatic carbocycles. The summed E-state index contributed by atoms with van der Waals surface area (Å²) in [5, 5.41) is 4.05. The summed E-state index contributed by atoms with van der Waals surface area (Å²) in [4.78, 5) is 6.88. The minimum Gasteiger partial charge on any atom is -0.352 e. The molecule has 1 aromatic rings. The van der Waals surface area contributed by atoms with Gasteiger partial charge in [0.05, 0.1) is 5.02 Å². The van der Waals surface area contributed by atoms with E-state index in [1.165, 1.54) is 6.42 Å². The average Bonchev–Trinajstić information content (AvgIpc) is 2.66. The van der Waals surface area contributed by atoms with E-state index in [1.54, 1.807) is 0 Å². The van der Waals surface area contributed by atoms with Crippen molar-refractivity contribution in [3.63, 3.8) is 0 Å². The number of anilines is 1. The number of hydrogen-bond donors (Lipinski definition) is 1. The Morgan fingerprint density at radius 2 is 2.28 bits per heavy atom. The Balaban J connectivity index is 2.14. The van der Waals surface area contributed by atoms with Gasteiger partial charge in [-0.25, -0.2) is 4.98 Å². The van der Waals surface area contributed by atoms with Gasteiger partial charge in [-0.2, -0.15) is 0 Å². The van der Waals surface area contributed by atoms with Crippen molar-refractivity contribution in [1.82, 2.24) is 10.3 Å². The molecular weight excluding hydrogens is 246 g/mol. The fourth-order valence-corrected chi connectivity index (χ4v) is 2.94. The van der Waals surface area contributed by atoms with Crippen molar-refractivity contribution < 1.29 is 0 Å². The average molecular weight is 268 g/mol. The minimum absolute atomic E-state index is 0.532. The summed E-state index contributed by atoms with van der Waals surface area (Å²) in [5.74, 6) is 1.66. The summed E-state index contributed by atoms with van der Waals surface area (Å²) >= 11 is 6.37. The Morgan fingerprint density at radius 1 is 1.50 bits per heavy atom. The van der Waals surface area contributed by atoms with Gasteiger partial charge in [0.2, 0.25) is 0 Å². The molecule has 100 valence electrons. The highest BCUT2D eigenvalue weighted by atomic mass is 35.5. The van der Waals surface area contributed by atoms with Crippen LogP contribution in [0.4, 0.5) is 5.82 Å². The van der Waals surface area contributed by atoms with Crippen molar-refractivity contribution in [2.75, 3.05) is 18.0 Å². The van der Waals surface area contributed by atoms with Gasteiger partial charge in [-0.3, -0.25) is 0 Å². The summed E-state index contributed by atoms with van der Waals surface area (Å²) < 4.78 is 0. The second-order valence-electron chi connectivity index (χ2n) is 5.27. The van der Waals surface area contributed by atoms with E-state index in [1.807, 2.05) is 12.3 Å². The fraction of sp³-hybridized carbons (Fsp3) is 0.643. The first-order valence-electron chi connectivity index (χ1n) is 6.73. The van der Waals surface area contributed by atoms with Crippen LogP contribution in [0.2, 0.25) is 5.02 Å². The summed E-state index contributed by atoms with van der Waals surface area (Å²) in [6, 6.07) is 2.56. The predicted molar refractivity (Wildman–Crippen MR) is 77.2 cm³/mol. The summed E-state index contributed by atoms with van der Waals surface area (Å²) in [6.07, 6.45) is 3.15. The minimum atomic E-state index is 0.532. The maximum absolute atomic E-state index is 6.37. The standard InChI is InChI=1S/C14H22ClN3/c1-4-16-7-12-6-13(15)14(17-8-12)18-9-10(2)5-11(18)3/h6,8,10-11,16H,4-5,7,9H2,1-3H3. The van der Waals surface area contributed by atoms with Crippen molar-refractivity contribution in [1.29, 1.82) is 0 Å². The van der Waals surface area contributed by atoms with Crippen LogP contribution in [0.1, 0.15) is 32.8 Å². The SMILES string of the molecule is CCNCc1cnc(N2CC(C)CC2C)c(Cl)c1. The lowest BCUT2D eigenvalue weighted by Crippen LogP contribution is -2.28. The molecule has 4 heteroatoms. The molecule has 0 bridgehead atoms. The zero-order chi connectivity index (χ0) is 13.1. The number of nitrogens with zero attached hydrogens (tertiary/aromatic N) is 2. The quantitative estimate of drug-likeness (QED) is 0.909. The smallest absolute Gasteiger partial charge is 0.147 e. The number of pyridine rings is 1. The molecule has 0 spiro atoms. The Labute approximate surface area is 115 Å². The molecule has 18 heavy (non-hydrogen) atoms. The van der Waals surface area contributed by atoms with E-state index in [-0.39, 0.29) is 0 Å². The normalized spacial score (nSPS) is 23.7. The van der Waals surface area contributed by atoms with Gasteiger partial charge in [0.25, 0.3) is 0 Å². The zero-order valence-corrected chi connectivity index (χ0v) is 12.2. The molecule has 0 radical (unpaired) electrons. The van der Waals surface area contributed by atoms with Crippen LogP contribution in [-0.2, 0) is 6.54 Å². The highest BCUT2D eigenvalue weighted by Crippen LogP contribution is 2.32. The predicted octanol–water partition coefficient (Wildman–Crippen LogP) is 3.08. The fourth-order valence-electron chi connectivity index (χ4n) is 2.64. The second kappa shape index (κ2) is 5.89. The topological polar surface area (TPSA) is 28.2 Å². The molecule has 2 rings (SSSR count). The van der Waals surface area contributed by atoms with Crippen LogP contribution in [0.3, 0.4) is 0 Å². The van der Waals surface area contributed by atoms with Crippen molar-refractivity contribution in [3.8, 4) is 0 Å². The third-order valence-electron chi connectivity index (χ3n) is 3.51. The van der Waals surface area contributed by atoms with Crippen molar-refractivity contribution in [2.24, 2.45) is 5.92 Å². The van der Waals surface area contributed by atoms with Crippen LogP contribution in [0.5, 0.6) is 0 Å². The number of hydrogen-bond acceptors (Lipinski definition) is 3. The molecule has 2 heterocycles. The maximum atomic E-state index is 6.37. The first-order valence-corrected chi connectivity index (χ1v) is 7.11. The van der Waals surface area contributed by atoms with Gasteiger partial charge in [-0.1, -0.05) is 25.4 Å². The van der Waals surface area contributed by atoms with E-state index in [0.717, 1.165) is 42.0 Å². The molecule has 1 aliphatic heterocycles.